The van der Waals surface area contributed by atoms with Crippen LogP contribution in [0.5, 0.6) is 5.88 Å². The van der Waals surface area contributed by atoms with Crippen LogP contribution >= 0.6 is 0 Å². The minimum absolute atomic E-state index is 0.131. The van der Waals surface area contributed by atoms with E-state index in [-0.39, 0.29) is 5.69 Å². The van der Waals surface area contributed by atoms with Crippen LogP contribution in [0.1, 0.15) is 15.9 Å². The molecule has 4 nitrogen and oxygen atoms in total. The first-order chi connectivity index (χ1) is 11.7. The lowest BCUT2D eigenvalue weighted by atomic mass is 10.2. The highest BCUT2D eigenvalue weighted by Gasteiger charge is 2.09. The van der Waals surface area contributed by atoms with Crippen LogP contribution < -0.4 is 10.1 Å². The van der Waals surface area contributed by atoms with Gasteiger partial charge in [-0.3, -0.25) is 4.79 Å². The lowest BCUT2D eigenvalue weighted by molar-refractivity contribution is 0.102. The Kier molecular flexibility index (Phi) is 4.81. The Balaban J connectivity index is 1.61. The van der Waals surface area contributed by atoms with Gasteiger partial charge in [0, 0.05) is 12.3 Å². The van der Waals surface area contributed by atoms with E-state index in [9.17, 15) is 9.18 Å². The molecule has 0 unspecified atom stereocenters. The van der Waals surface area contributed by atoms with Gasteiger partial charge in [-0.15, -0.1) is 0 Å². The molecule has 3 aromatic rings. The summed E-state index contributed by atoms with van der Waals surface area (Å²) in [5.74, 6) is -0.495. The lowest BCUT2D eigenvalue weighted by Crippen LogP contribution is -2.13. The van der Waals surface area contributed by atoms with E-state index in [1.807, 2.05) is 30.3 Å². The third kappa shape index (κ3) is 3.95. The number of pyridine rings is 1. The van der Waals surface area contributed by atoms with Gasteiger partial charge in [0.1, 0.15) is 12.4 Å². The fourth-order valence-corrected chi connectivity index (χ4v) is 2.09. The number of anilines is 1. The minimum Gasteiger partial charge on any atom is -0.473 e. The summed E-state index contributed by atoms with van der Waals surface area (Å²) in [6.07, 6.45) is 1.40. The second-order valence-corrected chi connectivity index (χ2v) is 5.09. The van der Waals surface area contributed by atoms with Crippen molar-refractivity contribution in [2.24, 2.45) is 0 Å². The fraction of sp³-hybridized carbons (Fsp3) is 0.0526. The molecule has 0 aliphatic carbocycles. The third-order valence-corrected chi connectivity index (χ3v) is 3.35. The van der Waals surface area contributed by atoms with Crippen LogP contribution in [-0.2, 0) is 6.61 Å². The van der Waals surface area contributed by atoms with Crippen LogP contribution in [0.3, 0.4) is 0 Å². The van der Waals surface area contributed by atoms with Gasteiger partial charge < -0.3 is 10.1 Å². The lowest BCUT2D eigenvalue weighted by Gasteiger charge is -2.08. The maximum Gasteiger partial charge on any atom is 0.257 e. The number of nitrogens with one attached hydrogen (secondary N) is 1. The molecule has 24 heavy (non-hydrogen) atoms. The summed E-state index contributed by atoms with van der Waals surface area (Å²) in [4.78, 5) is 16.2. The van der Waals surface area contributed by atoms with Gasteiger partial charge in [0.05, 0.1) is 11.3 Å². The van der Waals surface area contributed by atoms with Gasteiger partial charge >= 0.3 is 0 Å². The van der Waals surface area contributed by atoms with Crippen molar-refractivity contribution in [2.75, 3.05) is 5.32 Å². The Morgan fingerprint density at radius 2 is 1.75 bits per heavy atom. The zero-order valence-electron chi connectivity index (χ0n) is 12.8. The van der Waals surface area contributed by atoms with Gasteiger partial charge in [-0.2, -0.15) is 0 Å². The van der Waals surface area contributed by atoms with E-state index in [4.69, 9.17) is 4.74 Å². The standard InChI is InChI=1S/C19H15FN2O2/c20-16-8-4-5-9-17(16)22-19(23)15-10-11-18(21-12-15)24-13-14-6-2-1-3-7-14/h1-12H,13H2,(H,22,23). The number of hydrogen-bond donors (Lipinski definition) is 1. The van der Waals surface area contributed by atoms with Gasteiger partial charge in [0.25, 0.3) is 5.91 Å². The van der Waals surface area contributed by atoms with Crippen LogP contribution in [0.25, 0.3) is 0 Å². The molecule has 3 rings (SSSR count). The molecule has 2 aromatic carbocycles. The highest BCUT2D eigenvalue weighted by molar-refractivity contribution is 6.04. The number of para-hydroxylation sites is 1. The number of hydrogen-bond acceptors (Lipinski definition) is 3. The summed E-state index contributed by atoms with van der Waals surface area (Å²) in [7, 11) is 0. The molecular formula is C19H15FN2O2. The van der Waals surface area contributed by atoms with Crippen molar-refractivity contribution in [1.29, 1.82) is 0 Å². The van der Waals surface area contributed by atoms with Crippen molar-refractivity contribution < 1.29 is 13.9 Å². The average Bonchev–Trinajstić information content (AvgIpc) is 2.63. The molecule has 0 saturated carbocycles. The van der Waals surface area contributed by atoms with Gasteiger partial charge in [-0.25, -0.2) is 9.37 Å². The molecule has 1 N–H and O–H groups in total. The van der Waals surface area contributed by atoms with E-state index in [0.29, 0.717) is 18.1 Å². The van der Waals surface area contributed by atoms with Crippen LogP contribution in [0.4, 0.5) is 10.1 Å². The Bertz CT molecular complexity index is 820. The first kappa shape index (κ1) is 15.7. The molecule has 0 aliphatic rings. The largest absolute Gasteiger partial charge is 0.473 e. The molecule has 0 radical (unpaired) electrons. The maximum atomic E-state index is 13.5. The number of nitrogens with zero attached hydrogens (tertiary/aromatic N) is 1. The second-order valence-electron chi connectivity index (χ2n) is 5.09. The number of aromatic nitrogens is 1. The minimum atomic E-state index is -0.485. The third-order valence-electron chi connectivity index (χ3n) is 3.35. The van der Waals surface area contributed by atoms with E-state index in [2.05, 4.69) is 10.3 Å². The molecule has 0 atom stereocenters. The summed E-state index contributed by atoms with van der Waals surface area (Å²) < 4.78 is 19.1. The summed E-state index contributed by atoms with van der Waals surface area (Å²) in [5.41, 5.74) is 1.48. The summed E-state index contributed by atoms with van der Waals surface area (Å²) in [6, 6.07) is 18.9. The molecular weight excluding hydrogens is 307 g/mol. The normalized spacial score (nSPS) is 10.2. The first-order valence-corrected chi connectivity index (χ1v) is 7.41. The van der Waals surface area contributed by atoms with Crippen LogP contribution in [-0.4, -0.2) is 10.9 Å². The molecule has 0 bridgehead atoms. The summed E-state index contributed by atoms with van der Waals surface area (Å²) >= 11 is 0. The highest BCUT2D eigenvalue weighted by atomic mass is 19.1. The molecule has 0 fully saturated rings. The first-order valence-electron chi connectivity index (χ1n) is 7.41. The predicted octanol–water partition coefficient (Wildman–Crippen LogP) is 4.05. The molecule has 0 spiro atoms. The second kappa shape index (κ2) is 7.37. The van der Waals surface area contributed by atoms with Gasteiger partial charge in [-0.1, -0.05) is 42.5 Å². The number of rotatable bonds is 5. The average molecular weight is 322 g/mol. The van der Waals surface area contributed by atoms with Crippen molar-refractivity contribution in [3.05, 3.63) is 89.9 Å². The van der Waals surface area contributed by atoms with Crippen molar-refractivity contribution in [3.8, 4) is 5.88 Å². The quantitative estimate of drug-likeness (QED) is 0.771. The van der Waals surface area contributed by atoms with Gasteiger partial charge in [-0.05, 0) is 23.8 Å². The number of benzene rings is 2. The van der Waals surface area contributed by atoms with Gasteiger partial charge in [0.2, 0.25) is 5.88 Å². The van der Waals surface area contributed by atoms with Crippen LogP contribution in [0.2, 0.25) is 0 Å². The Morgan fingerprint density at radius 3 is 2.46 bits per heavy atom. The summed E-state index contributed by atoms with van der Waals surface area (Å²) in [5, 5.41) is 2.51. The fourth-order valence-electron chi connectivity index (χ4n) is 2.09. The van der Waals surface area contributed by atoms with Crippen molar-refractivity contribution in [1.82, 2.24) is 4.98 Å². The van der Waals surface area contributed by atoms with Crippen LogP contribution in [0.15, 0.2) is 72.9 Å². The topological polar surface area (TPSA) is 51.2 Å². The summed E-state index contributed by atoms with van der Waals surface area (Å²) in [6.45, 7) is 0.397. The molecule has 1 heterocycles. The van der Waals surface area contributed by atoms with Gasteiger partial charge in [0.15, 0.2) is 0 Å². The number of carbonyl (C=O) groups is 1. The maximum absolute atomic E-state index is 13.5. The molecule has 120 valence electrons. The smallest absolute Gasteiger partial charge is 0.257 e. The molecule has 1 amide bonds. The van der Waals surface area contributed by atoms with E-state index in [0.717, 1.165) is 5.56 Å². The Morgan fingerprint density at radius 1 is 1.00 bits per heavy atom. The monoisotopic (exact) mass is 322 g/mol. The number of halogens is 1. The van der Waals surface area contributed by atoms with Crippen molar-refractivity contribution in [3.63, 3.8) is 0 Å². The molecule has 1 aromatic heterocycles. The predicted molar refractivity (Wildman–Crippen MR) is 89.4 cm³/mol. The van der Waals surface area contributed by atoms with Crippen molar-refractivity contribution >= 4 is 11.6 Å². The van der Waals surface area contributed by atoms with E-state index in [1.54, 1.807) is 24.3 Å². The highest BCUT2D eigenvalue weighted by Crippen LogP contribution is 2.15. The van der Waals surface area contributed by atoms with E-state index in [1.165, 1.54) is 18.3 Å². The number of amides is 1. The zero-order valence-corrected chi connectivity index (χ0v) is 12.8. The Hall–Kier alpha value is -3.21. The van der Waals surface area contributed by atoms with E-state index >= 15 is 0 Å². The zero-order chi connectivity index (χ0) is 16.8. The Labute approximate surface area is 138 Å². The molecule has 0 aliphatic heterocycles. The van der Waals surface area contributed by atoms with Crippen molar-refractivity contribution in [2.45, 2.75) is 6.61 Å². The number of carbonyl (C=O) groups excluding carboxylic acids is 1. The molecule has 5 heteroatoms. The SMILES string of the molecule is O=C(Nc1ccccc1F)c1ccc(OCc2ccccc2)nc1. The van der Waals surface area contributed by atoms with Crippen LogP contribution in [0, 0.1) is 5.82 Å². The molecule has 0 saturated heterocycles. The number of ether oxygens (including phenoxy) is 1. The van der Waals surface area contributed by atoms with E-state index < -0.39 is 11.7 Å².